The molecule has 3 heteroatoms. The van der Waals surface area contributed by atoms with Gasteiger partial charge in [-0.05, 0) is 35.6 Å². The summed E-state index contributed by atoms with van der Waals surface area (Å²) in [6.07, 6.45) is 0.945. The van der Waals surface area contributed by atoms with Crippen molar-refractivity contribution < 1.29 is 0 Å². The Balaban J connectivity index is 1.60. The summed E-state index contributed by atoms with van der Waals surface area (Å²) < 4.78 is 0. The molecule has 1 aromatic heterocycles. The third-order valence-corrected chi connectivity index (χ3v) is 6.01. The molecule has 0 saturated carbocycles. The molecule has 5 aromatic rings. The van der Waals surface area contributed by atoms with Crippen molar-refractivity contribution in [2.75, 3.05) is 0 Å². The average Bonchev–Trinajstić information content (AvgIpc) is 3.23. The van der Waals surface area contributed by atoms with E-state index in [4.69, 9.17) is 15.0 Å². The smallest absolute Gasteiger partial charge is 0.164 e. The molecule has 0 amide bonds. The lowest BCUT2D eigenvalue weighted by Gasteiger charge is -2.12. The minimum atomic E-state index is 0.689. The standard InChI is InChI=1S/C29H21N3/c1-19-15-16-22-18-23-13-8-14-24(26(23)25(22)17-19)29-31-27(20-9-4-2-5-10-20)30-28(32-29)21-11-6-3-7-12-21/h2-17H,18H2,1H3. The molecule has 3 nitrogen and oxygen atoms in total. The van der Waals surface area contributed by atoms with Gasteiger partial charge in [0.25, 0.3) is 0 Å². The van der Waals surface area contributed by atoms with E-state index in [-0.39, 0.29) is 0 Å². The highest BCUT2D eigenvalue weighted by Crippen LogP contribution is 2.43. The van der Waals surface area contributed by atoms with E-state index < -0.39 is 0 Å². The fourth-order valence-corrected chi connectivity index (χ4v) is 4.46. The summed E-state index contributed by atoms with van der Waals surface area (Å²) in [5, 5.41) is 0. The zero-order chi connectivity index (χ0) is 21.5. The molecule has 1 heterocycles. The van der Waals surface area contributed by atoms with Crippen molar-refractivity contribution in [3.63, 3.8) is 0 Å². The lowest BCUT2D eigenvalue weighted by molar-refractivity contribution is 1.07. The first-order valence-corrected chi connectivity index (χ1v) is 10.9. The molecule has 0 bridgehead atoms. The topological polar surface area (TPSA) is 38.7 Å². The molecule has 0 N–H and O–H groups in total. The Labute approximate surface area is 187 Å². The molecule has 0 atom stereocenters. The normalized spacial score (nSPS) is 11.8. The van der Waals surface area contributed by atoms with Crippen LogP contribution in [0.2, 0.25) is 0 Å². The van der Waals surface area contributed by atoms with Crippen LogP contribution in [0, 0.1) is 6.92 Å². The van der Waals surface area contributed by atoms with Gasteiger partial charge in [-0.1, -0.05) is 103 Å². The zero-order valence-electron chi connectivity index (χ0n) is 17.8. The first-order chi connectivity index (χ1) is 15.8. The Morgan fingerprint density at radius 3 is 1.81 bits per heavy atom. The molecule has 0 saturated heterocycles. The van der Waals surface area contributed by atoms with E-state index in [1.807, 2.05) is 60.7 Å². The van der Waals surface area contributed by atoms with Gasteiger partial charge < -0.3 is 0 Å². The van der Waals surface area contributed by atoms with Crippen LogP contribution in [0.4, 0.5) is 0 Å². The Morgan fingerprint density at radius 2 is 1.16 bits per heavy atom. The van der Waals surface area contributed by atoms with Crippen molar-refractivity contribution in [3.8, 4) is 45.3 Å². The van der Waals surface area contributed by atoms with Gasteiger partial charge in [-0.2, -0.15) is 0 Å². The molecule has 0 spiro atoms. The van der Waals surface area contributed by atoms with Gasteiger partial charge in [0.2, 0.25) is 0 Å². The largest absolute Gasteiger partial charge is 0.208 e. The van der Waals surface area contributed by atoms with E-state index in [9.17, 15) is 0 Å². The molecular weight excluding hydrogens is 390 g/mol. The summed E-state index contributed by atoms with van der Waals surface area (Å²) in [4.78, 5) is 14.7. The molecule has 32 heavy (non-hydrogen) atoms. The first-order valence-electron chi connectivity index (χ1n) is 10.9. The summed E-state index contributed by atoms with van der Waals surface area (Å²) in [7, 11) is 0. The second-order valence-corrected chi connectivity index (χ2v) is 8.22. The third-order valence-electron chi connectivity index (χ3n) is 6.01. The number of nitrogens with zero attached hydrogens (tertiary/aromatic N) is 3. The fraction of sp³-hybridized carbons (Fsp3) is 0.0690. The van der Waals surface area contributed by atoms with E-state index in [1.54, 1.807) is 0 Å². The quantitative estimate of drug-likeness (QED) is 0.323. The molecule has 0 aliphatic heterocycles. The van der Waals surface area contributed by atoms with Crippen molar-refractivity contribution in [1.29, 1.82) is 0 Å². The molecule has 6 rings (SSSR count). The van der Waals surface area contributed by atoms with Crippen molar-refractivity contribution in [2.24, 2.45) is 0 Å². The van der Waals surface area contributed by atoms with Gasteiger partial charge in [0.05, 0.1) is 0 Å². The molecule has 1 aliphatic carbocycles. The molecule has 0 fully saturated rings. The van der Waals surface area contributed by atoms with Gasteiger partial charge in [-0.15, -0.1) is 0 Å². The van der Waals surface area contributed by atoms with Crippen LogP contribution in [0.5, 0.6) is 0 Å². The van der Waals surface area contributed by atoms with Gasteiger partial charge in [-0.3, -0.25) is 0 Å². The Kier molecular flexibility index (Phi) is 4.39. The number of benzene rings is 4. The minimum absolute atomic E-state index is 0.689. The van der Waals surface area contributed by atoms with Crippen LogP contribution in [-0.2, 0) is 6.42 Å². The maximum atomic E-state index is 4.95. The molecular formula is C29H21N3. The molecule has 4 aromatic carbocycles. The maximum Gasteiger partial charge on any atom is 0.164 e. The average molecular weight is 412 g/mol. The van der Waals surface area contributed by atoms with Crippen LogP contribution >= 0.6 is 0 Å². The third kappa shape index (κ3) is 3.19. The Morgan fingerprint density at radius 1 is 0.531 bits per heavy atom. The molecule has 1 aliphatic rings. The summed E-state index contributed by atoms with van der Waals surface area (Å²) in [6.45, 7) is 2.14. The zero-order valence-corrected chi connectivity index (χ0v) is 17.8. The summed E-state index contributed by atoms with van der Waals surface area (Å²) in [6, 6.07) is 33.4. The highest BCUT2D eigenvalue weighted by Gasteiger charge is 2.24. The summed E-state index contributed by atoms with van der Waals surface area (Å²) in [5.41, 5.74) is 9.51. The van der Waals surface area contributed by atoms with E-state index in [2.05, 4.69) is 43.3 Å². The van der Waals surface area contributed by atoms with Crippen molar-refractivity contribution in [2.45, 2.75) is 13.3 Å². The fourth-order valence-electron chi connectivity index (χ4n) is 4.46. The highest BCUT2D eigenvalue weighted by atomic mass is 15.0. The highest BCUT2D eigenvalue weighted by molar-refractivity contribution is 5.89. The van der Waals surface area contributed by atoms with Crippen LogP contribution in [0.3, 0.4) is 0 Å². The minimum Gasteiger partial charge on any atom is -0.208 e. The van der Waals surface area contributed by atoms with Gasteiger partial charge in [0.1, 0.15) is 0 Å². The van der Waals surface area contributed by atoms with Crippen LogP contribution in [-0.4, -0.2) is 15.0 Å². The lowest BCUT2D eigenvalue weighted by Crippen LogP contribution is -2.01. The number of hydrogen-bond acceptors (Lipinski definition) is 3. The van der Waals surface area contributed by atoms with Crippen molar-refractivity contribution in [3.05, 3.63) is 114 Å². The van der Waals surface area contributed by atoms with E-state index in [1.165, 1.54) is 27.8 Å². The predicted molar refractivity (Wildman–Crippen MR) is 129 cm³/mol. The molecule has 152 valence electrons. The Hall–Kier alpha value is -4.11. The van der Waals surface area contributed by atoms with Gasteiger partial charge in [-0.25, -0.2) is 15.0 Å². The maximum absolute atomic E-state index is 4.95. The number of aromatic nitrogens is 3. The van der Waals surface area contributed by atoms with Gasteiger partial charge in [0, 0.05) is 16.7 Å². The van der Waals surface area contributed by atoms with Crippen LogP contribution in [0.25, 0.3) is 45.3 Å². The molecule has 0 unspecified atom stereocenters. The first kappa shape index (κ1) is 18.6. The van der Waals surface area contributed by atoms with Crippen molar-refractivity contribution in [1.82, 2.24) is 15.0 Å². The number of aryl methyl sites for hydroxylation is 1. The van der Waals surface area contributed by atoms with Crippen LogP contribution in [0.1, 0.15) is 16.7 Å². The van der Waals surface area contributed by atoms with Crippen LogP contribution < -0.4 is 0 Å². The summed E-state index contributed by atoms with van der Waals surface area (Å²) >= 11 is 0. The molecule has 0 radical (unpaired) electrons. The monoisotopic (exact) mass is 411 g/mol. The van der Waals surface area contributed by atoms with Crippen molar-refractivity contribution >= 4 is 0 Å². The second-order valence-electron chi connectivity index (χ2n) is 8.22. The van der Waals surface area contributed by atoms with E-state index in [0.717, 1.165) is 23.1 Å². The van der Waals surface area contributed by atoms with E-state index in [0.29, 0.717) is 17.5 Å². The number of fused-ring (bicyclic) bond motifs is 3. The SMILES string of the molecule is Cc1ccc2c(c1)-c1c(cccc1-c1nc(-c3ccccc3)nc(-c3ccccc3)n1)C2. The van der Waals surface area contributed by atoms with E-state index >= 15 is 0 Å². The lowest BCUT2D eigenvalue weighted by atomic mass is 9.97. The summed E-state index contributed by atoms with van der Waals surface area (Å²) in [5.74, 6) is 2.09. The van der Waals surface area contributed by atoms with Gasteiger partial charge >= 0.3 is 0 Å². The Bertz CT molecular complexity index is 1380. The number of rotatable bonds is 3. The number of hydrogen-bond donors (Lipinski definition) is 0. The van der Waals surface area contributed by atoms with Crippen LogP contribution in [0.15, 0.2) is 97.1 Å². The second kappa shape index (κ2) is 7.54. The predicted octanol–water partition coefficient (Wildman–Crippen LogP) is 6.75. The van der Waals surface area contributed by atoms with Gasteiger partial charge in [0.15, 0.2) is 17.5 Å².